The maximum atomic E-state index is 12.4. The van der Waals surface area contributed by atoms with Crippen molar-refractivity contribution in [1.29, 1.82) is 0 Å². The highest BCUT2D eigenvalue weighted by atomic mass is 32.2. The molecule has 4 aliphatic carbocycles. The Kier molecular flexibility index (Phi) is 5.11. The van der Waals surface area contributed by atoms with Crippen molar-refractivity contribution in [3.05, 3.63) is 34.2 Å². The van der Waals surface area contributed by atoms with Gasteiger partial charge in [0, 0.05) is 11.5 Å². The molecule has 0 unspecified atom stereocenters. The van der Waals surface area contributed by atoms with Crippen LogP contribution in [0.1, 0.15) is 44.4 Å². The van der Waals surface area contributed by atoms with Crippen molar-refractivity contribution < 1.29 is 18.9 Å². The number of ether oxygens (including phenoxy) is 1. The van der Waals surface area contributed by atoms with Gasteiger partial charge in [0.15, 0.2) is 0 Å². The molecule has 1 N–H and O–H groups in total. The second-order valence-electron chi connectivity index (χ2n) is 9.05. The third kappa shape index (κ3) is 3.88. The van der Waals surface area contributed by atoms with E-state index in [1.54, 1.807) is 0 Å². The SMILES string of the molecule is COc1cc([N+](=O)[O-])ccc1NC(=O)CSc1nnc(C23CC4CC(CC(C4)C2)C3)o1. The first-order valence-electron chi connectivity index (χ1n) is 10.5. The Balaban J connectivity index is 1.21. The van der Waals surface area contributed by atoms with Crippen molar-refractivity contribution >= 4 is 29.0 Å². The van der Waals surface area contributed by atoms with E-state index in [2.05, 4.69) is 15.5 Å². The molecule has 1 amide bonds. The van der Waals surface area contributed by atoms with E-state index in [4.69, 9.17) is 9.15 Å². The van der Waals surface area contributed by atoms with E-state index >= 15 is 0 Å². The average molecular weight is 445 g/mol. The number of methoxy groups -OCH3 is 1. The third-order valence-electron chi connectivity index (χ3n) is 6.90. The number of rotatable bonds is 7. The first-order chi connectivity index (χ1) is 14.9. The number of carbonyl (C=O) groups is 1. The number of thioether (sulfide) groups is 1. The van der Waals surface area contributed by atoms with Crippen molar-refractivity contribution in [3.8, 4) is 5.75 Å². The number of nitrogens with zero attached hydrogens (tertiary/aromatic N) is 3. The summed E-state index contributed by atoms with van der Waals surface area (Å²) in [7, 11) is 1.40. The zero-order valence-electron chi connectivity index (χ0n) is 17.2. The monoisotopic (exact) mass is 444 g/mol. The Hall–Kier alpha value is -2.62. The van der Waals surface area contributed by atoms with Gasteiger partial charge in [-0.15, -0.1) is 10.2 Å². The molecular weight excluding hydrogens is 420 g/mol. The summed E-state index contributed by atoms with van der Waals surface area (Å²) in [5.74, 6) is 3.14. The molecule has 0 atom stereocenters. The normalized spacial score (nSPS) is 28.5. The molecule has 4 aliphatic rings. The van der Waals surface area contributed by atoms with Crippen molar-refractivity contribution in [2.45, 2.75) is 49.2 Å². The summed E-state index contributed by atoms with van der Waals surface area (Å²) in [4.78, 5) is 22.8. The maximum absolute atomic E-state index is 12.4. The molecule has 4 bridgehead atoms. The predicted molar refractivity (Wildman–Crippen MR) is 113 cm³/mol. The number of nitrogens with one attached hydrogen (secondary N) is 1. The minimum Gasteiger partial charge on any atom is -0.494 e. The Morgan fingerprint density at radius 3 is 2.55 bits per heavy atom. The van der Waals surface area contributed by atoms with Crippen molar-refractivity contribution in [1.82, 2.24) is 10.2 Å². The summed E-state index contributed by atoms with van der Waals surface area (Å²) in [6.07, 6.45) is 7.48. The molecule has 0 aliphatic heterocycles. The van der Waals surface area contributed by atoms with Crippen LogP contribution in [0.15, 0.2) is 27.8 Å². The molecule has 0 radical (unpaired) electrons. The summed E-state index contributed by atoms with van der Waals surface area (Å²) < 4.78 is 11.2. The van der Waals surface area contributed by atoms with Gasteiger partial charge in [-0.3, -0.25) is 14.9 Å². The number of non-ortho nitro benzene ring substituents is 1. The van der Waals surface area contributed by atoms with Crippen molar-refractivity contribution in [2.75, 3.05) is 18.2 Å². The first-order valence-corrected chi connectivity index (χ1v) is 11.5. The second kappa shape index (κ2) is 7.81. The lowest BCUT2D eigenvalue weighted by atomic mass is 9.49. The van der Waals surface area contributed by atoms with E-state index in [-0.39, 0.29) is 28.5 Å². The number of hydrogen-bond acceptors (Lipinski definition) is 8. The van der Waals surface area contributed by atoms with Gasteiger partial charge < -0.3 is 14.5 Å². The van der Waals surface area contributed by atoms with Gasteiger partial charge in [-0.25, -0.2) is 0 Å². The lowest BCUT2D eigenvalue weighted by Crippen LogP contribution is -2.48. The van der Waals surface area contributed by atoms with E-state index in [0.717, 1.165) is 42.9 Å². The molecule has 4 fully saturated rings. The van der Waals surface area contributed by atoms with Crippen LogP contribution < -0.4 is 10.1 Å². The lowest BCUT2D eigenvalue weighted by molar-refractivity contribution is -0.384. The largest absolute Gasteiger partial charge is 0.494 e. The van der Waals surface area contributed by atoms with Gasteiger partial charge in [0.1, 0.15) is 5.75 Å². The molecule has 0 saturated heterocycles. The summed E-state index contributed by atoms with van der Waals surface area (Å²) in [5.41, 5.74) is 0.306. The molecule has 4 saturated carbocycles. The Bertz CT molecular complexity index is 988. The molecule has 31 heavy (non-hydrogen) atoms. The van der Waals surface area contributed by atoms with Crippen LogP contribution in [0.2, 0.25) is 0 Å². The van der Waals surface area contributed by atoms with Crippen molar-refractivity contribution in [3.63, 3.8) is 0 Å². The quantitative estimate of drug-likeness (QED) is 0.383. The van der Waals surface area contributed by atoms with Gasteiger partial charge in [0.25, 0.3) is 10.9 Å². The molecule has 2 aromatic rings. The number of anilines is 1. The van der Waals surface area contributed by atoms with E-state index in [1.807, 2.05) is 0 Å². The highest BCUT2D eigenvalue weighted by Crippen LogP contribution is 2.60. The minimum absolute atomic E-state index is 0.0366. The Labute approximate surface area is 183 Å². The van der Waals surface area contributed by atoms with Crippen LogP contribution in [0.25, 0.3) is 0 Å². The molecule has 1 heterocycles. The smallest absolute Gasteiger partial charge is 0.277 e. The number of amides is 1. The Morgan fingerprint density at radius 1 is 1.26 bits per heavy atom. The van der Waals surface area contributed by atoms with Gasteiger partial charge in [0.2, 0.25) is 11.8 Å². The van der Waals surface area contributed by atoms with Crippen LogP contribution in [0.5, 0.6) is 5.75 Å². The van der Waals surface area contributed by atoms with E-state index in [9.17, 15) is 14.9 Å². The Morgan fingerprint density at radius 2 is 1.94 bits per heavy atom. The molecule has 9 nitrogen and oxygen atoms in total. The number of hydrogen-bond donors (Lipinski definition) is 1. The van der Waals surface area contributed by atoms with Crippen LogP contribution in [-0.2, 0) is 10.2 Å². The third-order valence-corrected chi connectivity index (χ3v) is 7.71. The lowest BCUT2D eigenvalue weighted by Gasteiger charge is -2.55. The van der Waals surface area contributed by atoms with Gasteiger partial charge in [-0.1, -0.05) is 11.8 Å². The maximum Gasteiger partial charge on any atom is 0.277 e. The van der Waals surface area contributed by atoms with Crippen molar-refractivity contribution in [2.24, 2.45) is 17.8 Å². The molecule has 6 rings (SSSR count). The average Bonchev–Trinajstić information content (AvgIpc) is 3.21. The van der Waals surface area contributed by atoms with Gasteiger partial charge in [-0.05, 0) is 62.3 Å². The highest BCUT2D eigenvalue weighted by Gasteiger charge is 2.54. The predicted octanol–water partition coefficient (Wildman–Crippen LogP) is 4.19. The van der Waals surface area contributed by atoms with Crippen LogP contribution in [0.3, 0.4) is 0 Å². The van der Waals surface area contributed by atoms with Crippen LogP contribution >= 0.6 is 11.8 Å². The summed E-state index contributed by atoms with van der Waals surface area (Å²) in [6.45, 7) is 0. The zero-order valence-corrected chi connectivity index (χ0v) is 18.0. The molecular formula is C21H24N4O5S. The number of aromatic nitrogens is 2. The van der Waals surface area contributed by atoms with E-state index in [0.29, 0.717) is 10.9 Å². The van der Waals surface area contributed by atoms with Gasteiger partial charge in [-0.2, -0.15) is 0 Å². The summed E-state index contributed by atoms with van der Waals surface area (Å²) in [5, 5.41) is 22.6. The number of carbonyl (C=O) groups excluding carboxylic acids is 1. The highest BCUT2D eigenvalue weighted by molar-refractivity contribution is 7.99. The molecule has 164 valence electrons. The molecule has 10 heteroatoms. The standard InChI is InChI=1S/C21H24N4O5S/c1-29-17-7-15(25(27)28)2-3-16(17)22-18(26)11-31-20-24-23-19(30-20)21-8-12-4-13(9-21)6-14(5-12)10-21/h2-3,7,12-14H,4-6,8-11H2,1H3,(H,22,26). The fourth-order valence-corrected chi connectivity index (χ4v) is 6.63. The van der Waals surface area contributed by atoms with Gasteiger partial charge in [0.05, 0.1) is 29.5 Å². The minimum atomic E-state index is -0.513. The van der Waals surface area contributed by atoms with Gasteiger partial charge >= 0.3 is 0 Å². The summed E-state index contributed by atoms with van der Waals surface area (Å²) in [6, 6.07) is 4.05. The number of benzene rings is 1. The van der Waals surface area contributed by atoms with E-state index in [1.165, 1.54) is 56.3 Å². The van der Waals surface area contributed by atoms with Crippen LogP contribution in [0, 0.1) is 27.9 Å². The first kappa shape index (κ1) is 20.3. The fourth-order valence-electron chi connectivity index (χ4n) is 6.07. The topological polar surface area (TPSA) is 120 Å². The summed E-state index contributed by atoms with van der Waals surface area (Å²) >= 11 is 1.19. The second-order valence-corrected chi connectivity index (χ2v) is 9.98. The van der Waals surface area contributed by atoms with Crippen LogP contribution in [-0.4, -0.2) is 33.9 Å². The zero-order chi connectivity index (χ0) is 21.6. The number of nitro groups is 1. The van der Waals surface area contributed by atoms with E-state index < -0.39 is 4.92 Å². The molecule has 1 aromatic heterocycles. The number of nitro benzene ring substituents is 1. The fraction of sp³-hybridized carbons (Fsp3) is 0.571. The molecule has 0 spiro atoms. The molecule has 1 aromatic carbocycles. The van der Waals surface area contributed by atoms with Crippen LogP contribution in [0.4, 0.5) is 11.4 Å².